The lowest BCUT2D eigenvalue weighted by Gasteiger charge is -2.35. The van der Waals surface area contributed by atoms with Crippen LogP contribution in [0.4, 0.5) is 0 Å². The largest absolute Gasteiger partial charge is 0.311 e. The molecular formula is C11H13Cl2NS. The van der Waals surface area contributed by atoms with E-state index in [2.05, 4.69) is 12.2 Å². The third-order valence-corrected chi connectivity index (χ3v) is 4.81. The molecular weight excluding hydrogens is 249 g/mol. The van der Waals surface area contributed by atoms with Crippen molar-refractivity contribution < 1.29 is 0 Å². The third kappa shape index (κ3) is 2.01. The molecule has 2 rings (SSSR count). The van der Waals surface area contributed by atoms with Gasteiger partial charge in [-0.15, -0.1) is 11.8 Å². The number of hydrogen-bond donors (Lipinski definition) is 1. The molecule has 0 amide bonds. The van der Waals surface area contributed by atoms with Gasteiger partial charge in [-0.3, -0.25) is 0 Å². The van der Waals surface area contributed by atoms with Crippen LogP contribution >= 0.6 is 35.0 Å². The van der Waals surface area contributed by atoms with Crippen LogP contribution in [-0.2, 0) is 5.54 Å². The standard InChI is InChI=1S/C11H13Cl2NS/c1-11(14-2)3-4-15-10-6-9(13)8(12)5-7(10)11/h5-6,14H,3-4H2,1-2H3. The number of fused-ring (bicyclic) bond motifs is 1. The van der Waals surface area contributed by atoms with E-state index in [4.69, 9.17) is 23.2 Å². The first kappa shape index (κ1) is 11.6. The van der Waals surface area contributed by atoms with Gasteiger partial charge in [-0.2, -0.15) is 0 Å². The molecule has 1 aromatic rings. The van der Waals surface area contributed by atoms with Crippen molar-refractivity contribution in [2.75, 3.05) is 12.8 Å². The third-order valence-electron chi connectivity index (χ3n) is 3.03. The second kappa shape index (κ2) is 4.17. The molecule has 0 spiro atoms. The lowest BCUT2D eigenvalue weighted by Crippen LogP contribution is -2.39. The molecule has 4 heteroatoms. The number of rotatable bonds is 1. The summed E-state index contributed by atoms with van der Waals surface area (Å²) >= 11 is 13.9. The molecule has 1 unspecified atom stereocenters. The van der Waals surface area contributed by atoms with E-state index in [0.29, 0.717) is 10.0 Å². The van der Waals surface area contributed by atoms with Gasteiger partial charge in [0, 0.05) is 16.2 Å². The zero-order valence-corrected chi connectivity index (χ0v) is 11.1. The van der Waals surface area contributed by atoms with E-state index in [9.17, 15) is 0 Å². The second-order valence-electron chi connectivity index (χ2n) is 3.94. The highest BCUT2D eigenvalue weighted by atomic mass is 35.5. The van der Waals surface area contributed by atoms with Crippen molar-refractivity contribution in [3.05, 3.63) is 27.7 Å². The van der Waals surface area contributed by atoms with Crippen LogP contribution in [0.3, 0.4) is 0 Å². The summed E-state index contributed by atoms with van der Waals surface area (Å²) in [5, 5.41) is 4.65. The first-order valence-electron chi connectivity index (χ1n) is 4.88. The topological polar surface area (TPSA) is 12.0 Å². The van der Waals surface area contributed by atoms with E-state index in [1.54, 1.807) is 0 Å². The number of benzene rings is 1. The summed E-state index contributed by atoms with van der Waals surface area (Å²) in [4.78, 5) is 1.24. The smallest absolute Gasteiger partial charge is 0.0603 e. The Kier molecular flexibility index (Phi) is 3.22. The molecule has 0 bridgehead atoms. The van der Waals surface area contributed by atoms with Crippen LogP contribution in [0.1, 0.15) is 18.9 Å². The van der Waals surface area contributed by atoms with Gasteiger partial charge in [-0.05, 0) is 38.1 Å². The van der Waals surface area contributed by atoms with Gasteiger partial charge in [-0.25, -0.2) is 0 Å². The average molecular weight is 262 g/mol. The van der Waals surface area contributed by atoms with Crippen LogP contribution < -0.4 is 5.32 Å². The lowest BCUT2D eigenvalue weighted by atomic mass is 9.89. The van der Waals surface area contributed by atoms with Crippen molar-refractivity contribution in [2.24, 2.45) is 0 Å². The summed E-state index contributed by atoms with van der Waals surface area (Å²) in [6.45, 7) is 2.20. The highest BCUT2D eigenvalue weighted by Crippen LogP contribution is 2.43. The molecule has 82 valence electrons. The zero-order chi connectivity index (χ0) is 11.1. The van der Waals surface area contributed by atoms with Crippen molar-refractivity contribution in [3.8, 4) is 0 Å². The van der Waals surface area contributed by atoms with Gasteiger partial charge in [0.05, 0.1) is 10.0 Å². The van der Waals surface area contributed by atoms with Gasteiger partial charge in [0.25, 0.3) is 0 Å². The first-order chi connectivity index (χ1) is 7.07. The van der Waals surface area contributed by atoms with Gasteiger partial charge in [0.15, 0.2) is 0 Å². The van der Waals surface area contributed by atoms with Crippen LogP contribution in [0.2, 0.25) is 10.0 Å². The zero-order valence-electron chi connectivity index (χ0n) is 8.73. The monoisotopic (exact) mass is 261 g/mol. The Morgan fingerprint density at radius 1 is 1.33 bits per heavy atom. The van der Waals surface area contributed by atoms with E-state index in [-0.39, 0.29) is 5.54 Å². The first-order valence-corrected chi connectivity index (χ1v) is 6.62. The Labute approximate surface area is 105 Å². The number of halogens is 2. The highest BCUT2D eigenvalue weighted by Gasteiger charge is 2.31. The molecule has 0 aliphatic carbocycles. The molecule has 0 aromatic heterocycles. The van der Waals surface area contributed by atoms with E-state index in [0.717, 1.165) is 12.2 Å². The predicted molar refractivity (Wildman–Crippen MR) is 68.2 cm³/mol. The Morgan fingerprint density at radius 3 is 2.67 bits per heavy atom. The predicted octanol–water partition coefficient (Wildman–Crippen LogP) is 3.92. The van der Waals surface area contributed by atoms with Crippen molar-refractivity contribution in [1.82, 2.24) is 5.32 Å². The van der Waals surface area contributed by atoms with Gasteiger partial charge < -0.3 is 5.32 Å². The van der Waals surface area contributed by atoms with Gasteiger partial charge >= 0.3 is 0 Å². The molecule has 0 saturated carbocycles. The van der Waals surface area contributed by atoms with E-state index < -0.39 is 0 Å². The maximum absolute atomic E-state index is 6.06. The molecule has 0 radical (unpaired) electrons. The van der Waals surface area contributed by atoms with Crippen LogP contribution in [0.25, 0.3) is 0 Å². The fourth-order valence-electron chi connectivity index (χ4n) is 1.84. The van der Waals surface area contributed by atoms with E-state index in [1.807, 2.05) is 30.9 Å². The second-order valence-corrected chi connectivity index (χ2v) is 5.89. The fourth-order valence-corrected chi connectivity index (χ4v) is 3.60. The molecule has 1 N–H and O–H groups in total. The Morgan fingerprint density at radius 2 is 2.00 bits per heavy atom. The quantitative estimate of drug-likeness (QED) is 0.823. The van der Waals surface area contributed by atoms with Crippen molar-refractivity contribution in [1.29, 1.82) is 0 Å². The van der Waals surface area contributed by atoms with Crippen LogP contribution in [-0.4, -0.2) is 12.8 Å². The van der Waals surface area contributed by atoms with Crippen LogP contribution in [0, 0.1) is 0 Å². The number of nitrogens with one attached hydrogen (secondary N) is 1. The maximum Gasteiger partial charge on any atom is 0.0603 e. The van der Waals surface area contributed by atoms with Gasteiger partial charge in [0.2, 0.25) is 0 Å². The van der Waals surface area contributed by atoms with Crippen molar-refractivity contribution in [2.45, 2.75) is 23.8 Å². The lowest BCUT2D eigenvalue weighted by molar-refractivity contribution is 0.377. The molecule has 1 aromatic carbocycles. The molecule has 1 aliphatic heterocycles. The minimum atomic E-state index is 0.0226. The van der Waals surface area contributed by atoms with Crippen molar-refractivity contribution in [3.63, 3.8) is 0 Å². The Hall–Kier alpha value is 0.110. The highest BCUT2D eigenvalue weighted by molar-refractivity contribution is 7.99. The molecule has 1 nitrogen and oxygen atoms in total. The molecule has 0 fully saturated rings. The summed E-state index contributed by atoms with van der Waals surface area (Å²) in [5.41, 5.74) is 1.28. The number of hydrogen-bond acceptors (Lipinski definition) is 2. The molecule has 1 heterocycles. The summed E-state index contributed by atoms with van der Waals surface area (Å²) in [6.07, 6.45) is 1.11. The summed E-state index contributed by atoms with van der Waals surface area (Å²) in [5.74, 6) is 1.11. The maximum atomic E-state index is 6.06. The SMILES string of the molecule is CNC1(C)CCSc2cc(Cl)c(Cl)cc21. The normalized spacial score (nSPS) is 25.1. The molecule has 15 heavy (non-hydrogen) atoms. The minimum absolute atomic E-state index is 0.0226. The van der Waals surface area contributed by atoms with Gasteiger partial charge in [0.1, 0.15) is 0 Å². The van der Waals surface area contributed by atoms with E-state index in [1.165, 1.54) is 10.5 Å². The van der Waals surface area contributed by atoms with Gasteiger partial charge in [-0.1, -0.05) is 23.2 Å². The van der Waals surface area contributed by atoms with Crippen molar-refractivity contribution >= 4 is 35.0 Å². The summed E-state index contributed by atoms with van der Waals surface area (Å²) in [7, 11) is 1.99. The Balaban J connectivity index is 2.56. The van der Waals surface area contributed by atoms with E-state index >= 15 is 0 Å². The minimum Gasteiger partial charge on any atom is -0.311 e. The average Bonchev–Trinajstić information content (AvgIpc) is 2.22. The molecule has 0 saturated heterocycles. The molecule has 1 aliphatic rings. The molecule has 1 atom stereocenters. The summed E-state index contributed by atoms with van der Waals surface area (Å²) < 4.78 is 0. The fraction of sp³-hybridized carbons (Fsp3) is 0.455. The number of thioether (sulfide) groups is 1. The van der Waals surface area contributed by atoms with Crippen LogP contribution in [0.15, 0.2) is 17.0 Å². The Bertz CT molecular complexity index is 394. The summed E-state index contributed by atoms with van der Waals surface area (Å²) in [6, 6.07) is 3.96. The van der Waals surface area contributed by atoms with Crippen LogP contribution in [0.5, 0.6) is 0 Å².